The SMILES string of the molecule is COc1ccc(-n2nnnc2CN2CCN(C(=O)c3cc([N+](=O)[O-])ccc3Cl)CC2)cc1. The van der Waals surface area contributed by atoms with E-state index in [0.717, 1.165) is 11.4 Å². The number of tetrazole rings is 1. The van der Waals surface area contributed by atoms with E-state index in [1.165, 1.54) is 18.2 Å². The molecule has 1 aliphatic heterocycles. The molecule has 32 heavy (non-hydrogen) atoms. The van der Waals surface area contributed by atoms with E-state index in [1.807, 2.05) is 24.3 Å². The molecule has 1 saturated heterocycles. The number of hydrogen-bond acceptors (Lipinski definition) is 8. The van der Waals surface area contributed by atoms with Gasteiger partial charge in [-0.1, -0.05) is 11.6 Å². The summed E-state index contributed by atoms with van der Waals surface area (Å²) >= 11 is 6.12. The molecule has 0 aliphatic carbocycles. The Morgan fingerprint density at radius 2 is 1.88 bits per heavy atom. The highest BCUT2D eigenvalue weighted by molar-refractivity contribution is 6.33. The van der Waals surface area contributed by atoms with Crippen molar-refractivity contribution >= 4 is 23.2 Å². The molecule has 12 heteroatoms. The van der Waals surface area contributed by atoms with Crippen LogP contribution < -0.4 is 4.74 Å². The van der Waals surface area contributed by atoms with Gasteiger partial charge in [0.2, 0.25) is 0 Å². The minimum atomic E-state index is -0.544. The fraction of sp³-hybridized carbons (Fsp3) is 0.300. The summed E-state index contributed by atoms with van der Waals surface area (Å²) in [6.45, 7) is 2.64. The lowest BCUT2D eigenvalue weighted by Gasteiger charge is -2.34. The number of aromatic nitrogens is 4. The summed E-state index contributed by atoms with van der Waals surface area (Å²) in [4.78, 5) is 27.1. The molecule has 2 heterocycles. The van der Waals surface area contributed by atoms with Crippen LogP contribution in [-0.4, -0.2) is 74.1 Å². The summed E-state index contributed by atoms with van der Waals surface area (Å²) in [5.74, 6) is 1.10. The van der Waals surface area contributed by atoms with Gasteiger partial charge in [-0.2, -0.15) is 4.68 Å². The zero-order valence-corrected chi connectivity index (χ0v) is 18.0. The Morgan fingerprint density at radius 1 is 1.16 bits per heavy atom. The van der Waals surface area contributed by atoms with Gasteiger partial charge >= 0.3 is 0 Å². The summed E-state index contributed by atoms with van der Waals surface area (Å²) in [6, 6.07) is 11.3. The average molecular weight is 458 g/mol. The number of carbonyl (C=O) groups is 1. The number of piperazine rings is 1. The Bertz CT molecular complexity index is 1130. The summed E-state index contributed by atoms with van der Waals surface area (Å²) in [7, 11) is 1.61. The predicted octanol–water partition coefficient (Wildman–Crippen LogP) is 2.19. The summed E-state index contributed by atoms with van der Waals surface area (Å²) in [6.07, 6.45) is 0. The number of nitro benzene ring substituents is 1. The van der Waals surface area contributed by atoms with E-state index < -0.39 is 4.92 Å². The normalized spacial score (nSPS) is 14.4. The molecule has 166 valence electrons. The number of ether oxygens (including phenoxy) is 1. The lowest BCUT2D eigenvalue weighted by Crippen LogP contribution is -2.48. The second-order valence-corrected chi connectivity index (χ2v) is 7.60. The number of hydrogen-bond donors (Lipinski definition) is 0. The molecule has 0 radical (unpaired) electrons. The van der Waals surface area contributed by atoms with Crippen LogP contribution >= 0.6 is 11.6 Å². The first-order valence-corrected chi connectivity index (χ1v) is 10.2. The number of amides is 1. The monoisotopic (exact) mass is 457 g/mol. The number of nitrogens with zero attached hydrogens (tertiary/aromatic N) is 7. The predicted molar refractivity (Wildman–Crippen MR) is 115 cm³/mol. The van der Waals surface area contributed by atoms with Gasteiger partial charge in [0.05, 0.1) is 34.9 Å². The van der Waals surface area contributed by atoms with E-state index in [-0.39, 0.29) is 22.2 Å². The van der Waals surface area contributed by atoms with Gasteiger partial charge < -0.3 is 9.64 Å². The Kier molecular flexibility index (Phi) is 6.28. The van der Waals surface area contributed by atoms with Crippen LogP contribution in [0.5, 0.6) is 5.75 Å². The Balaban J connectivity index is 1.40. The fourth-order valence-electron chi connectivity index (χ4n) is 3.50. The molecule has 0 spiro atoms. The van der Waals surface area contributed by atoms with Crippen molar-refractivity contribution in [3.05, 3.63) is 69.0 Å². The maximum absolute atomic E-state index is 12.9. The van der Waals surface area contributed by atoms with Crippen molar-refractivity contribution in [2.75, 3.05) is 33.3 Å². The molecule has 11 nitrogen and oxygen atoms in total. The largest absolute Gasteiger partial charge is 0.497 e. The molecule has 3 aromatic rings. The van der Waals surface area contributed by atoms with Gasteiger partial charge in [-0.3, -0.25) is 19.8 Å². The maximum Gasteiger partial charge on any atom is 0.270 e. The molecule has 1 amide bonds. The number of benzene rings is 2. The van der Waals surface area contributed by atoms with Crippen molar-refractivity contribution in [3.63, 3.8) is 0 Å². The molecule has 0 N–H and O–H groups in total. The first-order valence-electron chi connectivity index (χ1n) is 9.83. The smallest absolute Gasteiger partial charge is 0.270 e. The Morgan fingerprint density at radius 3 is 2.53 bits per heavy atom. The Hall–Kier alpha value is -3.57. The van der Waals surface area contributed by atoms with Crippen molar-refractivity contribution in [1.29, 1.82) is 0 Å². The lowest BCUT2D eigenvalue weighted by molar-refractivity contribution is -0.384. The van der Waals surface area contributed by atoms with Gasteiger partial charge in [0.25, 0.3) is 11.6 Å². The second-order valence-electron chi connectivity index (χ2n) is 7.19. The minimum Gasteiger partial charge on any atom is -0.497 e. The van der Waals surface area contributed by atoms with Crippen LogP contribution in [-0.2, 0) is 6.54 Å². The zero-order valence-electron chi connectivity index (χ0n) is 17.2. The first-order chi connectivity index (χ1) is 15.5. The molecule has 0 bridgehead atoms. The third-order valence-electron chi connectivity index (χ3n) is 5.27. The van der Waals surface area contributed by atoms with E-state index >= 15 is 0 Å². The molecule has 0 unspecified atom stereocenters. The van der Waals surface area contributed by atoms with E-state index in [4.69, 9.17) is 16.3 Å². The number of halogens is 1. The van der Waals surface area contributed by atoms with Gasteiger partial charge in [-0.15, -0.1) is 5.10 Å². The number of carbonyl (C=O) groups excluding carboxylic acids is 1. The third kappa shape index (κ3) is 4.53. The number of non-ortho nitro benzene ring substituents is 1. The summed E-state index contributed by atoms with van der Waals surface area (Å²) in [5, 5.41) is 23.2. The van der Waals surface area contributed by atoms with Gasteiger partial charge in [0.15, 0.2) is 5.82 Å². The molecule has 0 saturated carbocycles. The highest BCUT2D eigenvalue weighted by Crippen LogP contribution is 2.24. The molecule has 1 aromatic heterocycles. The molecular weight excluding hydrogens is 438 g/mol. The average Bonchev–Trinajstić information content (AvgIpc) is 3.27. The van der Waals surface area contributed by atoms with Crippen molar-refractivity contribution in [2.45, 2.75) is 6.54 Å². The number of methoxy groups -OCH3 is 1. The van der Waals surface area contributed by atoms with Gasteiger partial charge in [-0.25, -0.2) is 0 Å². The lowest BCUT2D eigenvalue weighted by atomic mass is 10.1. The molecule has 4 rings (SSSR count). The van der Waals surface area contributed by atoms with E-state index in [2.05, 4.69) is 20.4 Å². The molecule has 0 atom stereocenters. The van der Waals surface area contributed by atoms with Crippen LogP contribution in [0, 0.1) is 10.1 Å². The van der Waals surface area contributed by atoms with Crippen LogP contribution in [0.2, 0.25) is 5.02 Å². The van der Waals surface area contributed by atoms with E-state index in [9.17, 15) is 14.9 Å². The number of rotatable bonds is 6. The first kappa shape index (κ1) is 21.7. The van der Waals surface area contributed by atoms with Gasteiger partial charge in [0, 0.05) is 38.3 Å². The van der Waals surface area contributed by atoms with Crippen LogP contribution in [0.1, 0.15) is 16.2 Å². The van der Waals surface area contributed by atoms with E-state index in [1.54, 1.807) is 16.7 Å². The highest BCUT2D eigenvalue weighted by Gasteiger charge is 2.26. The van der Waals surface area contributed by atoms with Crippen LogP contribution in [0.25, 0.3) is 5.69 Å². The van der Waals surface area contributed by atoms with Crippen LogP contribution in [0.15, 0.2) is 42.5 Å². The summed E-state index contributed by atoms with van der Waals surface area (Å²) in [5.41, 5.74) is 0.791. The molecular formula is C20H20ClN7O4. The maximum atomic E-state index is 12.9. The zero-order chi connectivity index (χ0) is 22.7. The molecule has 1 fully saturated rings. The van der Waals surface area contributed by atoms with E-state index in [0.29, 0.717) is 38.5 Å². The van der Waals surface area contributed by atoms with Gasteiger partial charge in [0.1, 0.15) is 5.75 Å². The highest BCUT2D eigenvalue weighted by atomic mass is 35.5. The Labute approximate surface area is 188 Å². The molecule has 2 aromatic carbocycles. The quantitative estimate of drug-likeness (QED) is 0.408. The van der Waals surface area contributed by atoms with Crippen molar-refractivity contribution in [3.8, 4) is 11.4 Å². The van der Waals surface area contributed by atoms with Crippen molar-refractivity contribution < 1.29 is 14.5 Å². The standard InChI is InChI=1S/C20H20ClN7O4/c1-32-16-5-2-14(3-6-16)27-19(22-23-24-27)13-25-8-10-26(11-9-25)20(29)17-12-15(28(30)31)4-7-18(17)21/h2-7,12H,8-11,13H2,1H3. The van der Waals surface area contributed by atoms with Gasteiger partial charge in [-0.05, 0) is 40.8 Å². The third-order valence-corrected chi connectivity index (χ3v) is 5.60. The van der Waals surface area contributed by atoms with Crippen molar-refractivity contribution in [2.24, 2.45) is 0 Å². The topological polar surface area (TPSA) is 120 Å². The fourth-order valence-corrected chi connectivity index (χ4v) is 3.70. The second kappa shape index (κ2) is 9.28. The minimum absolute atomic E-state index is 0.137. The van der Waals surface area contributed by atoms with Crippen LogP contribution in [0.4, 0.5) is 5.69 Å². The number of nitro groups is 1. The van der Waals surface area contributed by atoms with Crippen LogP contribution in [0.3, 0.4) is 0 Å². The molecule has 1 aliphatic rings. The summed E-state index contributed by atoms with van der Waals surface area (Å²) < 4.78 is 6.85. The van der Waals surface area contributed by atoms with Crippen molar-refractivity contribution in [1.82, 2.24) is 30.0 Å².